The van der Waals surface area contributed by atoms with Gasteiger partial charge in [-0.05, 0) is 50.1 Å². The zero-order chi connectivity index (χ0) is 21.5. The van der Waals surface area contributed by atoms with Gasteiger partial charge in [0.15, 0.2) is 6.10 Å². The van der Waals surface area contributed by atoms with Gasteiger partial charge in [0, 0.05) is 22.7 Å². The largest absolute Gasteiger partial charge is 0.449 e. The summed E-state index contributed by atoms with van der Waals surface area (Å²) in [4.78, 5) is 46.8. The van der Waals surface area contributed by atoms with Gasteiger partial charge in [0.2, 0.25) is 0 Å². The van der Waals surface area contributed by atoms with E-state index >= 15 is 0 Å². The molecule has 0 aliphatic heterocycles. The Hall–Kier alpha value is -3.94. The van der Waals surface area contributed by atoms with Crippen LogP contribution in [0.5, 0.6) is 0 Å². The molecule has 0 saturated heterocycles. The van der Waals surface area contributed by atoms with E-state index in [0.717, 1.165) is 24.1 Å². The van der Waals surface area contributed by atoms with E-state index in [1.165, 1.54) is 6.92 Å². The summed E-state index contributed by atoms with van der Waals surface area (Å²) >= 11 is 0. The van der Waals surface area contributed by atoms with Crippen molar-refractivity contribution in [1.29, 1.82) is 0 Å². The maximum atomic E-state index is 12.9. The van der Waals surface area contributed by atoms with Crippen LogP contribution in [0, 0.1) is 0 Å². The Morgan fingerprint density at radius 3 is 2.68 bits per heavy atom. The third-order valence-electron chi connectivity index (χ3n) is 5.39. The lowest BCUT2D eigenvalue weighted by Gasteiger charge is -2.15. The standard InChI is InChI=1S/C23H20N4O4/c1-12(21(28)24-14-8-9-18-20(10-14)27-23(30)26-18)31-22(29)16-11-19(13-6-7-13)25-17-5-3-2-4-15(16)17/h2-5,8-13H,6-7H2,1H3,(H,24,28)(H2,26,27,30)/t12-/m1/s1. The molecule has 3 N–H and O–H groups in total. The zero-order valence-electron chi connectivity index (χ0n) is 16.8. The summed E-state index contributed by atoms with van der Waals surface area (Å²) < 4.78 is 5.48. The predicted molar refractivity (Wildman–Crippen MR) is 116 cm³/mol. The van der Waals surface area contributed by atoms with Crippen LogP contribution in [0.15, 0.2) is 53.3 Å². The zero-order valence-corrected chi connectivity index (χ0v) is 16.8. The summed E-state index contributed by atoms with van der Waals surface area (Å²) in [5.74, 6) is -0.647. The highest BCUT2D eigenvalue weighted by Gasteiger charge is 2.28. The van der Waals surface area contributed by atoms with E-state index in [1.807, 2.05) is 24.3 Å². The van der Waals surface area contributed by atoms with Gasteiger partial charge in [0.25, 0.3) is 5.91 Å². The lowest BCUT2D eigenvalue weighted by atomic mass is 10.1. The molecule has 0 radical (unpaired) electrons. The molecule has 156 valence electrons. The molecule has 1 aliphatic carbocycles. The highest BCUT2D eigenvalue weighted by molar-refractivity contribution is 6.05. The highest BCUT2D eigenvalue weighted by atomic mass is 16.5. The molecule has 1 atom stereocenters. The van der Waals surface area contributed by atoms with Crippen LogP contribution in [0.3, 0.4) is 0 Å². The fourth-order valence-electron chi connectivity index (χ4n) is 3.58. The molecule has 0 bridgehead atoms. The van der Waals surface area contributed by atoms with Gasteiger partial charge in [0.05, 0.1) is 22.1 Å². The minimum absolute atomic E-state index is 0.323. The van der Waals surface area contributed by atoms with Crippen molar-refractivity contribution in [1.82, 2.24) is 15.0 Å². The second-order valence-corrected chi connectivity index (χ2v) is 7.76. The topological polar surface area (TPSA) is 117 Å². The molecule has 8 heteroatoms. The van der Waals surface area contributed by atoms with Crippen LogP contribution in [0.1, 0.15) is 41.7 Å². The van der Waals surface area contributed by atoms with E-state index in [-0.39, 0.29) is 5.69 Å². The van der Waals surface area contributed by atoms with E-state index < -0.39 is 18.0 Å². The van der Waals surface area contributed by atoms with E-state index in [9.17, 15) is 14.4 Å². The summed E-state index contributed by atoms with van der Waals surface area (Å²) in [6, 6.07) is 14.2. The normalized spacial score (nSPS) is 14.5. The fraction of sp³-hybridized carbons (Fsp3) is 0.217. The van der Waals surface area contributed by atoms with Crippen LogP contribution in [0.2, 0.25) is 0 Å². The van der Waals surface area contributed by atoms with Crippen LogP contribution in [0.4, 0.5) is 5.69 Å². The molecule has 4 aromatic rings. The number of carbonyl (C=O) groups excluding carboxylic acids is 2. The first-order valence-corrected chi connectivity index (χ1v) is 10.1. The number of fused-ring (bicyclic) bond motifs is 2. The van der Waals surface area contributed by atoms with Gasteiger partial charge < -0.3 is 20.0 Å². The van der Waals surface area contributed by atoms with Crippen molar-refractivity contribution in [3.05, 3.63) is 70.3 Å². The van der Waals surface area contributed by atoms with Crippen molar-refractivity contribution in [3.63, 3.8) is 0 Å². The molecular formula is C23H20N4O4. The summed E-state index contributed by atoms with van der Waals surface area (Å²) in [5.41, 5.74) is 3.42. The number of carbonyl (C=O) groups is 2. The Morgan fingerprint density at radius 1 is 1.10 bits per heavy atom. The molecule has 31 heavy (non-hydrogen) atoms. The number of aromatic amines is 2. The van der Waals surface area contributed by atoms with Crippen LogP contribution >= 0.6 is 0 Å². The summed E-state index contributed by atoms with van der Waals surface area (Å²) in [7, 11) is 0. The molecule has 2 heterocycles. The maximum absolute atomic E-state index is 12.9. The number of ether oxygens (including phenoxy) is 1. The average Bonchev–Trinajstić information content (AvgIpc) is 3.54. The Bertz CT molecular complexity index is 1380. The van der Waals surface area contributed by atoms with E-state index in [1.54, 1.807) is 24.3 Å². The second-order valence-electron chi connectivity index (χ2n) is 7.76. The van der Waals surface area contributed by atoms with Gasteiger partial charge in [0.1, 0.15) is 0 Å². The quantitative estimate of drug-likeness (QED) is 0.431. The first kappa shape index (κ1) is 19.0. The Balaban J connectivity index is 1.34. The number of esters is 1. The van der Waals surface area contributed by atoms with Crippen molar-refractivity contribution < 1.29 is 14.3 Å². The molecule has 5 rings (SSSR count). The minimum Gasteiger partial charge on any atom is -0.449 e. The lowest BCUT2D eigenvalue weighted by Crippen LogP contribution is -2.30. The molecule has 1 fully saturated rings. The third-order valence-corrected chi connectivity index (χ3v) is 5.39. The first-order valence-electron chi connectivity index (χ1n) is 10.1. The minimum atomic E-state index is -1.01. The molecule has 0 spiro atoms. The number of amides is 1. The third kappa shape index (κ3) is 3.79. The molecule has 0 unspecified atom stereocenters. The molecule has 2 aromatic carbocycles. The summed E-state index contributed by atoms with van der Waals surface area (Å²) in [6.07, 6.45) is 1.12. The number of benzene rings is 2. The van der Waals surface area contributed by atoms with Crippen molar-refractivity contribution in [2.75, 3.05) is 5.32 Å². The second kappa shape index (κ2) is 7.39. The van der Waals surface area contributed by atoms with Gasteiger partial charge in [-0.25, -0.2) is 9.59 Å². The number of aromatic nitrogens is 3. The fourth-order valence-corrected chi connectivity index (χ4v) is 3.58. The number of nitrogens with one attached hydrogen (secondary N) is 3. The Morgan fingerprint density at radius 2 is 1.87 bits per heavy atom. The van der Waals surface area contributed by atoms with Gasteiger partial charge in [-0.15, -0.1) is 0 Å². The summed E-state index contributed by atoms with van der Waals surface area (Å²) in [5, 5.41) is 3.41. The first-order chi connectivity index (χ1) is 15.0. The number of rotatable bonds is 5. The highest BCUT2D eigenvalue weighted by Crippen LogP contribution is 2.40. The van der Waals surface area contributed by atoms with Gasteiger partial charge in [-0.3, -0.25) is 9.78 Å². The summed E-state index contributed by atoms with van der Waals surface area (Å²) in [6.45, 7) is 1.52. The molecule has 1 aliphatic rings. The van der Waals surface area contributed by atoms with Crippen LogP contribution in [0.25, 0.3) is 21.9 Å². The number of hydrogen-bond acceptors (Lipinski definition) is 5. The molecule has 1 saturated carbocycles. The number of pyridine rings is 1. The monoisotopic (exact) mass is 416 g/mol. The number of imidazole rings is 1. The van der Waals surface area contributed by atoms with Crippen molar-refractivity contribution in [2.45, 2.75) is 31.8 Å². The van der Waals surface area contributed by atoms with Crippen LogP contribution < -0.4 is 11.0 Å². The van der Waals surface area contributed by atoms with Crippen molar-refractivity contribution >= 4 is 39.5 Å². The van der Waals surface area contributed by atoms with Gasteiger partial charge >= 0.3 is 11.7 Å². The lowest BCUT2D eigenvalue weighted by molar-refractivity contribution is -0.123. The molecular weight excluding hydrogens is 396 g/mol. The van der Waals surface area contributed by atoms with Crippen LogP contribution in [-0.4, -0.2) is 32.9 Å². The number of nitrogens with zero attached hydrogens (tertiary/aromatic N) is 1. The number of H-pyrrole nitrogens is 2. The average molecular weight is 416 g/mol. The van der Waals surface area contributed by atoms with E-state index in [0.29, 0.717) is 33.6 Å². The molecule has 2 aromatic heterocycles. The van der Waals surface area contributed by atoms with E-state index in [4.69, 9.17) is 4.74 Å². The Kier molecular flexibility index (Phi) is 4.54. The van der Waals surface area contributed by atoms with Crippen LogP contribution in [-0.2, 0) is 9.53 Å². The smallest absolute Gasteiger partial charge is 0.339 e. The SMILES string of the molecule is C[C@@H](OC(=O)c1cc(C2CC2)nc2ccccc12)C(=O)Nc1ccc2[nH]c(=O)[nH]c2c1. The number of anilines is 1. The van der Waals surface area contributed by atoms with Crippen molar-refractivity contribution in [2.24, 2.45) is 0 Å². The number of para-hydroxylation sites is 1. The number of hydrogen-bond donors (Lipinski definition) is 3. The van der Waals surface area contributed by atoms with Gasteiger partial charge in [-0.2, -0.15) is 0 Å². The van der Waals surface area contributed by atoms with E-state index in [2.05, 4.69) is 20.3 Å². The molecule has 1 amide bonds. The predicted octanol–water partition coefficient (Wildman–Crippen LogP) is 3.47. The Labute approximate surface area is 176 Å². The maximum Gasteiger partial charge on any atom is 0.339 e. The molecule has 8 nitrogen and oxygen atoms in total. The van der Waals surface area contributed by atoms with Gasteiger partial charge in [-0.1, -0.05) is 18.2 Å². The van der Waals surface area contributed by atoms with Crippen molar-refractivity contribution in [3.8, 4) is 0 Å².